The first-order chi connectivity index (χ1) is 9.85. The van der Waals surface area contributed by atoms with Crippen molar-refractivity contribution >= 4 is 5.84 Å². The van der Waals surface area contributed by atoms with Crippen molar-refractivity contribution in [2.75, 3.05) is 6.61 Å². The van der Waals surface area contributed by atoms with Crippen LogP contribution in [0.5, 0.6) is 0 Å². The standard InChI is InChI=1S/C15H20N4O/c1-3-5-6-13-7-9-14(10-8-13)15(18-20-4-2)19-12-16-11-17-19/h7-12H,3-6H2,1-2H3/b18-15+. The molecule has 0 spiro atoms. The van der Waals surface area contributed by atoms with Gasteiger partial charge < -0.3 is 4.84 Å². The Morgan fingerprint density at radius 1 is 1.25 bits per heavy atom. The van der Waals surface area contributed by atoms with Gasteiger partial charge >= 0.3 is 0 Å². The van der Waals surface area contributed by atoms with Gasteiger partial charge in [0.2, 0.25) is 5.84 Å². The third-order valence-corrected chi connectivity index (χ3v) is 2.95. The van der Waals surface area contributed by atoms with E-state index in [0.29, 0.717) is 12.4 Å². The molecule has 1 aromatic heterocycles. The second kappa shape index (κ2) is 7.43. The quantitative estimate of drug-likeness (QED) is 0.461. The zero-order valence-corrected chi connectivity index (χ0v) is 12.0. The Labute approximate surface area is 119 Å². The molecule has 1 aromatic carbocycles. The van der Waals surface area contributed by atoms with Crippen molar-refractivity contribution < 1.29 is 4.84 Å². The largest absolute Gasteiger partial charge is 0.394 e. The van der Waals surface area contributed by atoms with Crippen LogP contribution in [-0.2, 0) is 11.3 Å². The van der Waals surface area contributed by atoms with E-state index in [1.807, 2.05) is 19.1 Å². The van der Waals surface area contributed by atoms with E-state index in [2.05, 4.69) is 34.3 Å². The highest BCUT2D eigenvalue weighted by Crippen LogP contribution is 2.10. The van der Waals surface area contributed by atoms with Gasteiger partial charge in [0.25, 0.3) is 0 Å². The predicted molar refractivity (Wildman–Crippen MR) is 78.6 cm³/mol. The number of unbranched alkanes of at least 4 members (excludes halogenated alkanes) is 1. The molecule has 20 heavy (non-hydrogen) atoms. The van der Waals surface area contributed by atoms with E-state index < -0.39 is 0 Å². The Hall–Kier alpha value is -2.17. The lowest BCUT2D eigenvalue weighted by Gasteiger charge is -2.07. The molecule has 0 aliphatic heterocycles. The van der Waals surface area contributed by atoms with Gasteiger partial charge in [-0.15, -0.1) is 0 Å². The zero-order valence-electron chi connectivity index (χ0n) is 12.0. The topological polar surface area (TPSA) is 52.3 Å². The van der Waals surface area contributed by atoms with Crippen molar-refractivity contribution in [1.29, 1.82) is 0 Å². The van der Waals surface area contributed by atoms with Crippen LogP contribution in [0.3, 0.4) is 0 Å². The Morgan fingerprint density at radius 3 is 2.65 bits per heavy atom. The maximum atomic E-state index is 5.17. The van der Waals surface area contributed by atoms with Crippen LogP contribution >= 0.6 is 0 Å². The van der Waals surface area contributed by atoms with Crippen molar-refractivity contribution in [3.8, 4) is 0 Å². The van der Waals surface area contributed by atoms with Crippen LogP contribution < -0.4 is 0 Å². The summed E-state index contributed by atoms with van der Waals surface area (Å²) in [4.78, 5) is 9.12. The maximum absolute atomic E-state index is 5.17. The Morgan fingerprint density at radius 2 is 2.05 bits per heavy atom. The average molecular weight is 272 g/mol. The number of rotatable bonds is 6. The fourth-order valence-corrected chi connectivity index (χ4v) is 1.87. The fourth-order valence-electron chi connectivity index (χ4n) is 1.87. The third-order valence-electron chi connectivity index (χ3n) is 2.95. The summed E-state index contributed by atoms with van der Waals surface area (Å²) in [6, 6.07) is 8.35. The zero-order chi connectivity index (χ0) is 14.2. The van der Waals surface area contributed by atoms with Crippen LogP contribution in [0.1, 0.15) is 37.8 Å². The summed E-state index contributed by atoms with van der Waals surface area (Å²) in [5.74, 6) is 0.645. The predicted octanol–water partition coefficient (Wildman–Crippen LogP) is 2.87. The van der Waals surface area contributed by atoms with Crippen LogP contribution in [0.15, 0.2) is 42.1 Å². The van der Waals surface area contributed by atoms with Crippen molar-refractivity contribution in [2.45, 2.75) is 33.1 Å². The van der Waals surface area contributed by atoms with Crippen LogP contribution in [0.2, 0.25) is 0 Å². The fraction of sp³-hybridized carbons (Fsp3) is 0.400. The van der Waals surface area contributed by atoms with Crippen molar-refractivity contribution in [3.63, 3.8) is 0 Å². The molecular weight excluding hydrogens is 252 g/mol. The number of hydrogen-bond donors (Lipinski definition) is 0. The normalized spacial score (nSPS) is 11.6. The highest BCUT2D eigenvalue weighted by Gasteiger charge is 2.08. The van der Waals surface area contributed by atoms with Crippen LogP contribution in [0, 0.1) is 0 Å². The third kappa shape index (κ3) is 3.66. The van der Waals surface area contributed by atoms with Crippen LogP contribution in [0.25, 0.3) is 0 Å². The van der Waals surface area contributed by atoms with Gasteiger partial charge in [0.05, 0.1) is 0 Å². The summed E-state index contributed by atoms with van der Waals surface area (Å²) >= 11 is 0. The molecule has 0 unspecified atom stereocenters. The van der Waals surface area contributed by atoms with Gasteiger partial charge in [-0.2, -0.15) is 9.78 Å². The molecule has 0 aliphatic carbocycles. The number of benzene rings is 1. The average Bonchev–Trinajstić information content (AvgIpc) is 3.01. The van der Waals surface area contributed by atoms with E-state index >= 15 is 0 Å². The summed E-state index contributed by atoms with van der Waals surface area (Å²) in [5, 5.41) is 8.24. The molecule has 0 saturated carbocycles. The van der Waals surface area contributed by atoms with Crippen molar-refractivity contribution in [2.24, 2.45) is 5.16 Å². The SMILES string of the molecule is CCCCc1ccc(/C(=N\OCC)n2cncn2)cc1. The summed E-state index contributed by atoms with van der Waals surface area (Å²) in [6.07, 6.45) is 6.62. The Kier molecular flexibility index (Phi) is 5.29. The van der Waals surface area contributed by atoms with Gasteiger partial charge in [0, 0.05) is 5.56 Å². The van der Waals surface area contributed by atoms with Crippen molar-refractivity contribution in [1.82, 2.24) is 14.8 Å². The van der Waals surface area contributed by atoms with Crippen LogP contribution in [0.4, 0.5) is 0 Å². The van der Waals surface area contributed by atoms with Crippen LogP contribution in [-0.4, -0.2) is 27.2 Å². The lowest BCUT2D eigenvalue weighted by molar-refractivity contribution is 0.157. The highest BCUT2D eigenvalue weighted by atomic mass is 16.6. The van der Waals surface area contributed by atoms with Gasteiger partial charge in [-0.05, 0) is 25.3 Å². The molecule has 0 atom stereocenters. The monoisotopic (exact) mass is 272 g/mol. The molecule has 0 radical (unpaired) electrons. The summed E-state index contributed by atoms with van der Waals surface area (Å²) in [6.45, 7) is 4.62. The molecule has 1 heterocycles. The molecule has 2 aromatic rings. The van der Waals surface area contributed by atoms with Gasteiger partial charge in [-0.25, -0.2) is 4.98 Å². The number of aromatic nitrogens is 3. The number of oxime groups is 1. The molecule has 0 aliphatic rings. The van der Waals surface area contributed by atoms with E-state index in [0.717, 1.165) is 12.0 Å². The number of aryl methyl sites for hydroxylation is 1. The number of hydrogen-bond acceptors (Lipinski definition) is 4. The molecule has 0 amide bonds. The summed E-state index contributed by atoms with van der Waals surface area (Å²) in [5.41, 5.74) is 2.30. The first-order valence-corrected chi connectivity index (χ1v) is 6.99. The second-order valence-corrected chi connectivity index (χ2v) is 4.47. The van der Waals surface area contributed by atoms with Gasteiger partial charge in [-0.3, -0.25) is 0 Å². The summed E-state index contributed by atoms with van der Waals surface area (Å²) in [7, 11) is 0. The first-order valence-electron chi connectivity index (χ1n) is 6.99. The molecule has 0 fully saturated rings. The van der Waals surface area contributed by atoms with E-state index in [1.54, 1.807) is 11.0 Å². The Bertz CT molecular complexity index is 532. The minimum atomic E-state index is 0.521. The summed E-state index contributed by atoms with van der Waals surface area (Å²) < 4.78 is 1.61. The van der Waals surface area contributed by atoms with E-state index in [-0.39, 0.29) is 0 Å². The number of nitrogens with zero attached hydrogens (tertiary/aromatic N) is 4. The molecule has 0 saturated heterocycles. The molecule has 5 nitrogen and oxygen atoms in total. The van der Waals surface area contributed by atoms with E-state index in [9.17, 15) is 0 Å². The highest BCUT2D eigenvalue weighted by molar-refractivity contribution is 5.99. The van der Waals surface area contributed by atoms with Gasteiger partial charge in [0.1, 0.15) is 19.3 Å². The minimum absolute atomic E-state index is 0.521. The lowest BCUT2D eigenvalue weighted by atomic mass is 10.1. The molecule has 2 rings (SSSR count). The first kappa shape index (κ1) is 14.2. The minimum Gasteiger partial charge on any atom is -0.394 e. The molecule has 106 valence electrons. The van der Waals surface area contributed by atoms with E-state index in [4.69, 9.17) is 4.84 Å². The molecule has 0 N–H and O–H groups in total. The van der Waals surface area contributed by atoms with E-state index in [1.165, 1.54) is 24.7 Å². The van der Waals surface area contributed by atoms with Gasteiger partial charge in [-0.1, -0.05) is 42.8 Å². The van der Waals surface area contributed by atoms with Crippen molar-refractivity contribution in [3.05, 3.63) is 48.0 Å². The maximum Gasteiger partial charge on any atom is 0.201 e. The Balaban J connectivity index is 2.21. The molecule has 0 bridgehead atoms. The van der Waals surface area contributed by atoms with Gasteiger partial charge in [0.15, 0.2) is 0 Å². The molecular formula is C15H20N4O. The molecule has 5 heteroatoms. The smallest absolute Gasteiger partial charge is 0.201 e. The second-order valence-electron chi connectivity index (χ2n) is 4.47. The lowest BCUT2D eigenvalue weighted by Crippen LogP contribution is -2.15.